The van der Waals surface area contributed by atoms with Crippen molar-refractivity contribution < 1.29 is 4.79 Å². The molecular formula is C14H22N4O. The summed E-state index contributed by atoms with van der Waals surface area (Å²) in [5.41, 5.74) is 11.6. The minimum Gasteiger partial charge on any atom is -0.397 e. The normalized spacial score (nSPS) is 23.0. The van der Waals surface area contributed by atoms with Gasteiger partial charge in [0.1, 0.15) is 5.82 Å². The van der Waals surface area contributed by atoms with Crippen molar-refractivity contribution in [1.82, 2.24) is 4.98 Å². The molecule has 0 aliphatic heterocycles. The molecule has 5 heteroatoms. The van der Waals surface area contributed by atoms with Gasteiger partial charge in [-0.05, 0) is 24.8 Å². The molecule has 0 saturated heterocycles. The molecule has 5 N–H and O–H groups in total. The predicted molar refractivity (Wildman–Crippen MR) is 76.8 cm³/mol. The molecule has 2 rings (SSSR count). The summed E-state index contributed by atoms with van der Waals surface area (Å²) in [4.78, 5) is 15.5. The molecule has 1 heterocycles. The predicted octanol–water partition coefficient (Wildman–Crippen LogP) is 2.14. The van der Waals surface area contributed by atoms with Gasteiger partial charge in [0, 0.05) is 6.04 Å². The molecule has 0 spiro atoms. The molecule has 104 valence electrons. The van der Waals surface area contributed by atoms with E-state index >= 15 is 0 Å². The zero-order valence-corrected chi connectivity index (χ0v) is 11.4. The lowest BCUT2D eigenvalue weighted by Gasteiger charge is -2.32. The van der Waals surface area contributed by atoms with E-state index in [2.05, 4.69) is 17.2 Å². The van der Waals surface area contributed by atoms with Crippen LogP contribution in [-0.2, 0) is 0 Å². The molecule has 1 aromatic heterocycles. The van der Waals surface area contributed by atoms with Gasteiger partial charge in [-0.2, -0.15) is 0 Å². The van der Waals surface area contributed by atoms with Crippen molar-refractivity contribution in [3.63, 3.8) is 0 Å². The lowest BCUT2D eigenvalue weighted by molar-refractivity contribution is 0.100. The third-order valence-corrected chi connectivity index (χ3v) is 3.97. The van der Waals surface area contributed by atoms with Crippen LogP contribution in [-0.4, -0.2) is 16.9 Å². The summed E-state index contributed by atoms with van der Waals surface area (Å²) >= 11 is 0. The summed E-state index contributed by atoms with van der Waals surface area (Å²) in [5.74, 6) is 0.845. The zero-order valence-electron chi connectivity index (χ0n) is 11.4. The molecule has 1 saturated carbocycles. The molecule has 1 aliphatic carbocycles. The van der Waals surface area contributed by atoms with Crippen molar-refractivity contribution in [3.05, 3.63) is 17.8 Å². The summed E-state index contributed by atoms with van der Waals surface area (Å²) in [7, 11) is 0. The summed E-state index contributed by atoms with van der Waals surface area (Å²) in [6.07, 6.45) is 7.61. The Balaban J connectivity index is 2.14. The van der Waals surface area contributed by atoms with Crippen LogP contribution in [0.3, 0.4) is 0 Å². The van der Waals surface area contributed by atoms with Crippen molar-refractivity contribution >= 4 is 17.4 Å². The van der Waals surface area contributed by atoms with Crippen LogP contribution in [0.5, 0.6) is 0 Å². The average Bonchev–Trinajstić information content (AvgIpc) is 2.41. The molecule has 19 heavy (non-hydrogen) atoms. The quantitative estimate of drug-likeness (QED) is 0.775. The van der Waals surface area contributed by atoms with E-state index < -0.39 is 5.91 Å². The highest BCUT2D eigenvalue weighted by molar-refractivity contribution is 5.98. The third kappa shape index (κ3) is 3.16. The maximum absolute atomic E-state index is 11.3. The number of nitrogen functional groups attached to an aromatic ring is 1. The molecule has 2 unspecified atom stereocenters. The highest BCUT2D eigenvalue weighted by Crippen LogP contribution is 2.29. The molecule has 1 amide bonds. The van der Waals surface area contributed by atoms with Crippen LogP contribution in [0, 0.1) is 5.92 Å². The Morgan fingerprint density at radius 1 is 1.47 bits per heavy atom. The van der Waals surface area contributed by atoms with Crippen LogP contribution in [0.15, 0.2) is 12.3 Å². The minimum absolute atomic E-state index is 0.328. The van der Waals surface area contributed by atoms with E-state index in [0.29, 0.717) is 29.0 Å². The van der Waals surface area contributed by atoms with Crippen LogP contribution in [0.4, 0.5) is 11.5 Å². The van der Waals surface area contributed by atoms with Gasteiger partial charge < -0.3 is 16.8 Å². The number of carbonyl (C=O) groups excluding carboxylic acids is 1. The molecule has 1 aliphatic rings. The topological polar surface area (TPSA) is 94.0 Å². The number of aromatic nitrogens is 1. The summed E-state index contributed by atoms with van der Waals surface area (Å²) < 4.78 is 0. The van der Waals surface area contributed by atoms with Crippen LogP contribution < -0.4 is 16.8 Å². The highest BCUT2D eigenvalue weighted by atomic mass is 16.1. The second-order valence-corrected chi connectivity index (χ2v) is 5.22. The number of amides is 1. The van der Waals surface area contributed by atoms with Crippen molar-refractivity contribution in [2.75, 3.05) is 11.1 Å². The van der Waals surface area contributed by atoms with E-state index in [9.17, 15) is 4.79 Å². The van der Waals surface area contributed by atoms with Gasteiger partial charge >= 0.3 is 0 Å². The number of rotatable bonds is 4. The van der Waals surface area contributed by atoms with Gasteiger partial charge in [0.2, 0.25) is 0 Å². The maximum Gasteiger partial charge on any atom is 0.250 e. The summed E-state index contributed by atoms with van der Waals surface area (Å²) in [6, 6.07) is 2.08. The molecule has 0 radical (unpaired) electrons. The number of pyridine rings is 1. The molecule has 5 nitrogen and oxygen atoms in total. The van der Waals surface area contributed by atoms with Crippen molar-refractivity contribution in [2.24, 2.45) is 11.7 Å². The van der Waals surface area contributed by atoms with Crippen LogP contribution in [0.2, 0.25) is 0 Å². The first-order valence-corrected chi connectivity index (χ1v) is 6.93. The van der Waals surface area contributed by atoms with Gasteiger partial charge in [0.15, 0.2) is 0 Å². The Labute approximate surface area is 113 Å². The van der Waals surface area contributed by atoms with Gasteiger partial charge in [-0.3, -0.25) is 4.79 Å². The standard InChI is InChI=1S/C14H22N4O/c1-2-9-5-3-4-6-12(9)18-13-7-10(14(16)19)11(15)8-17-13/h7-9,12H,2-6,15H2,1H3,(H2,16,19)(H,17,18). The number of nitrogens with two attached hydrogens (primary N) is 2. The van der Waals surface area contributed by atoms with Crippen LogP contribution in [0.1, 0.15) is 49.4 Å². The van der Waals surface area contributed by atoms with E-state index in [0.717, 1.165) is 12.8 Å². The average molecular weight is 262 g/mol. The number of nitrogens with one attached hydrogen (secondary N) is 1. The number of primary amides is 1. The largest absolute Gasteiger partial charge is 0.397 e. The lowest BCUT2D eigenvalue weighted by Crippen LogP contribution is -2.32. The smallest absolute Gasteiger partial charge is 0.250 e. The van der Waals surface area contributed by atoms with E-state index in [1.54, 1.807) is 6.07 Å². The van der Waals surface area contributed by atoms with Gasteiger partial charge in [0.25, 0.3) is 5.91 Å². The number of hydrogen-bond donors (Lipinski definition) is 3. The van der Waals surface area contributed by atoms with Gasteiger partial charge in [0.05, 0.1) is 17.4 Å². The fraction of sp³-hybridized carbons (Fsp3) is 0.571. The number of nitrogens with zero attached hydrogens (tertiary/aromatic N) is 1. The van der Waals surface area contributed by atoms with Crippen molar-refractivity contribution in [1.29, 1.82) is 0 Å². The number of carbonyl (C=O) groups is 1. The Hall–Kier alpha value is -1.78. The second-order valence-electron chi connectivity index (χ2n) is 5.22. The minimum atomic E-state index is -0.515. The van der Waals surface area contributed by atoms with E-state index in [-0.39, 0.29) is 0 Å². The summed E-state index contributed by atoms with van der Waals surface area (Å²) in [6.45, 7) is 2.22. The van der Waals surface area contributed by atoms with E-state index in [1.807, 2.05) is 0 Å². The van der Waals surface area contributed by atoms with Gasteiger partial charge in [-0.1, -0.05) is 26.2 Å². The number of hydrogen-bond acceptors (Lipinski definition) is 4. The zero-order chi connectivity index (χ0) is 13.8. The highest BCUT2D eigenvalue weighted by Gasteiger charge is 2.24. The Morgan fingerprint density at radius 2 is 2.21 bits per heavy atom. The lowest BCUT2D eigenvalue weighted by atomic mass is 9.83. The molecule has 0 bridgehead atoms. The Bertz CT molecular complexity index is 461. The van der Waals surface area contributed by atoms with Gasteiger partial charge in [-0.15, -0.1) is 0 Å². The van der Waals surface area contributed by atoms with Crippen LogP contribution in [0.25, 0.3) is 0 Å². The molecule has 2 atom stereocenters. The fourth-order valence-corrected chi connectivity index (χ4v) is 2.83. The fourth-order valence-electron chi connectivity index (χ4n) is 2.83. The number of anilines is 2. The van der Waals surface area contributed by atoms with Crippen molar-refractivity contribution in [2.45, 2.75) is 45.1 Å². The van der Waals surface area contributed by atoms with Crippen molar-refractivity contribution in [3.8, 4) is 0 Å². The second kappa shape index (κ2) is 5.91. The molecule has 0 aromatic carbocycles. The molecule has 1 aromatic rings. The SMILES string of the molecule is CCC1CCCCC1Nc1cc(C(N)=O)c(N)cn1. The van der Waals surface area contributed by atoms with E-state index in [4.69, 9.17) is 11.5 Å². The third-order valence-electron chi connectivity index (χ3n) is 3.97. The maximum atomic E-state index is 11.3. The first-order valence-electron chi connectivity index (χ1n) is 6.93. The Kier molecular flexibility index (Phi) is 4.24. The van der Waals surface area contributed by atoms with E-state index in [1.165, 1.54) is 25.5 Å². The molecular weight excluding hydrogens is 240 g/mol. The molecule has 1 fully saturated rings. The van der Waals surface area contributed by atoms with Crippen LogP contribution >= 0.6 is 0 Å². The Morgan fingerprint density at radius 3 is 2.89 bits per heavy atom. The first kappa shape index (κ1) is 13.6. The summed E-state index contributed by atoms with van der Waals surface area (Å²) in [5, 5.41) is 3.43. The first-order chi connectivity index (χ1) is 9.11. The van der Waals surface area contributed by atoms with Gasteiger partial charge in [-0.25, -0.2) is 4.98 Å². The monoisotopic (exact) mass is 262 g/mol.